The van der Waals surface area contributed by atoms with Crippen LogP contribution in [0.3, 0.4) is 0 Å². The topological polar surface area (TPSA) is 37.3 Å². The van der Waals surface area contributed by atoms with Crippen LogP contribution in [0.4, 0.5) is 0 Å². The van der Waals surface area contributed by atoms with Crippen molar-refractivity contribution < 1.29 is 9.82 Å². The van der Waals surface area contributed by atoms with Crippen molar-refractivity contribution in [1.29, 1.82) is 0 Å². The standard InChI is InChI=1S/C5H5BO2S/c7-2-5-1-4(6-8)3-9-5/h1-3,6,8H. The predicted octanol–water partition coefficient (Wildman–Crippen LogP) is -0.470. The van der Waals surface area contributed by atoms with E-state index in [1.165, 1.54) is 11.3 Å². The summed E-state index contributed by atoms with van der Waals surface area (Å²) in [5, 5.41) is 10.3. The molecule has 1 heterocycles. The van der Waals surface area contributed by atoms with E-state index in [4.69, 9.17) is 5.02 Å². The Morgan fingerprint density at radius 3 is 2.89 bits per heavy atom. The first-order valence-corrected chi connectivity index (χ1v) is 3.38. The maximum atomic E-state index is 10.1. The van der Waals surface area contributed by atoms with Crippen LogP contribution in [-0.4, -0.2) is 18.8 Å². The van der Waals surface area contributed by atoms with Gasteiger partial charge in [-0.15, -0.1) is 11.3 Å². The molecule has 0 atom stereocenters. The summed E-state index contributed by atoms with van der Waals surface area (Å²) >= 11 is 1.35. The Hall–Kier alpha value is -0.605. The van der Waals surface area contributed by atoms with E-state index in [0.29, 0.717) is 4.88 Å². The maximum absolute atomic E-state index is 10.1. The molecular weight excluding hydrogens is 135 g/mol. The largest absolute Gasteiger partial charge is 0.449 e. The summed E-state index contributed by atoms with van der Waals surface area (Å²) in [7, 11) is 0.0182. The van der Waals surface area contributed by atoms with Crippen LogP contribution in [0.1, 0.15) is 9.67 Å². The molecule has 0 amide bonds. The van der Waals surface area contributed by atoms with Crippen molar-refractivity contribution in [2.45, 2.75) is 0 Å². The van der Waals surface area contributed by atoms with Crippen LogP contribution in [0.2, 0.25) is 0 Å². The SMILES string of the molecule is O=Cc1cc(BO)cs1. The minimum atomic E-state index is 0.0182. The predicted molar refractivity (Wildman–Crippen MR) is 38.7 cm³/mol. The fourth-order valence-corrected chi connectivity index (χ4v) is 1.24. The van der Waals surface area contributed by atoms with Crippen LogP contribution in [0.25, 0.3) is 0 Å². The second-order valence-corrected chi connectivity index (χ2v) is 2.58. The van der Waals surface area contributed by atoms with Crippen molar-refractivity contribution in [1.82, 2.24) is 0 Å². The molecular formula is C5H5BO2S. The van der Waals surface area contributed by atoms with Crippen LogP contribution >= 0.6 is 11.3 Å². The highest BCUT2D eigenvalue weighted by molar-refractivity contribution is 7.12. The van der Waals surface area contributed by atoms with Gasteiger partial charge in [-0.2, -0.15) is 0 Å². The molecule has 0 saturated carbocycles. The van der Waals surface area contributed by atoms with Gasteiger partial charge >= 0.3 is 7.48 Å². The molecule has 0 aliphatic carbocycles. The van der Waals surface area contributed by atoms with Gasteiger partial charge in [0.05, 0.1) is 4.88 Å². The quantitative estimate of drug-likeness (QED) is 0.445. The van der Waals surface area contributed by atoms with Gasteiger partial charge in [-0.25, -0.2) is 0 Å². The molecule has 4 heteroatoms. The summed E-state index contributed by atoms with van der Waals surface area (Å²) in [5.41, 5.74) is 0.808. The van der Waals surface area contributed by atoms with Crippen molar-refractivity contribution >= 4 is 30.6 Å². The van der Waals surface area contributed by atoms with Crippen molar-refractivity contribution in [2.75, 3.05) is 0 Å². The normalized spacial score (nSPS) is 9.00. The van der Waals surface area contributed by atoms with Gasteiger partial charge in [0.1, 0.15) is 0 Å². The molecule has 0 aliphatic rings. The van der Waals surface area contributed by atoms with Crippen molar-refractivity contribution in [3.05, 3.63) is 16.3 Å². The first kappa shape index (κ1) is 6.51. The lowest BCUT2D eigenvalue weighted by molar-refractivity contribution is 0.112. The molecule has 0 bridgehead atoms. The molecule has 1 rings (SSSR count). The fourth-order valence-electron chi connectivity index (χ4n) is 0.539. The van der Waals surface area contributed by atoms with Crippen molar-refractivity contribution in [3.8, 4) is 0 Å². The number of aldehydes is 1. The Kier molecular flexibility index (Phi) is 2.03. The highest BCUT2D eigenvalue weighted by Crippen LogP contribution is 2.01. The summed E-state index contributed by atoms with van der Waals surface area (Å²) in [6, 6.07) is 1.68. The lowest BCUT2D eigenvalue weighted by Crippen LogP contribution is -2.08. The molecule has 0 unspecified atom stereocenters. The zero-order valence-corrected chi connectivity index (χ0v) is 5.52. The third kappa shape index (κ3) is 1.40. The molecule has 46 valence electrons. The lowest BCUT2D eigenvalue weighted by Gasteiger charge is -1.76. The van der Waals surface area contributed by atoms with E-state index in [9.17, 15) is 4.79 Å². The average molecular weight is 140 g/mol. The summed E-state index contributed by atoms with van der Waals surface area (Å²) in [6.45, 7) is 0. The monoisotopic (exact) mass is 140 g/mol. The molecule has 2 nitrogen and oxygen atoms in total. The van der Waals surface area contributed by atoms with Crippen molar-refractivity contribution in [2.24, 2.45) is 0 Å². The minimum Gasteiger partial charge on any atom is -0.449 e. The summed E-state index contributed by atoms with van der Waals surface area (Å²) in [5.74, 6) is 0. The fraction of sp³-hybridized carbons (Fsp3) is 0. The van der Waals surface area contributed by atoms with Gasteiger partial charge in [0, 0.05) is 0 Å². The first-order valence-electron chi connectivity index (χ1n) is 2.50. The Bertz CT molecular complexity index is 208. The zero-order chi connectivity index (χ0) is 6.69. The Morgan fingerprint density at radius 2 is 2.56 bits per heavy atom. The summed E-state index contributed by atoms with van der Waals surface area (Å²) in [4.78, 5) is 10.7. The van der Waals surface area contributed by atoms with Gasteiger partial charge in [-0.3, -0.25) is 4.79 Å². The smallest absolute Gasteiger partial charge is 0.305 e. The van der Waals surface area contributed by atoms with E-state index in [-0.39, 0.29) is 7.48 Å². The van der Waals surface area contributed by atoms with E-state index in [1.807, 2.05) is 0 Å². The second-order valence-electron chi connectivity index (χ2n) is 1.63. The van der Waals surface area contributed by atoms with Crippen LogP contribution in [0.15, 0.2) is 11.4 Å². The number of hydrogen-bond donors (Lipinski definition) is 1. The highest BCUT2D eigenvalue weighted by Gasteiger charge is 1.96. The van der Waals surface area contributed by atoms with E-state index in [0.717, 1.165) is 11.7 Å². The van der Waals surface area contributed by atoms with E-state index in [2.05, 4.69) is 0 Å². The van der Waals surface area contributed by atoms with Crippen LogP contribution in [0, 0.1) is 0 Å². The summed E-state index contributed by atoms with van der Waals surface area (Å²) < 4.78 is 0. The summed E-state index contributed by atoms with van der Waals surface area (Å²) in [6.07, 6.45) is 0.782. The lowest BCUT2D eigenvalue weighted by atomic mass is 9.92. The van der Waals surface area contributed by atoms with E-state index < -0.39 is 0 Å². The molecule has 0 fully saturated rings. The molecule has 1 aromatic heterocycles. The van der Waals surface area contributed by atoms with E-state index in [1.54, 1.807) is 11.4 Å². The highest BCUT2D eigenvalue weighted by atomic mass is 32.1. The Morgan fingerprint density at radius 1 is 1.78 bits per heavy atom. The zero-order valence-electron chi connectivity index (χ0n) is 4.70. The molecule has 1 aromatic rings. The molecule has 0 aromatic carbocycles. The molecule has 0 aliphatic heterocycles. The van der Waals surface area contributed by atoms with Crippen LogP contribution in [-0.2, 0) is 0 Å². The van der Waals surface area contributed by atoms with Gasteiger partial charge in [0.25, 0.3) is 0 Å². The number of carbonyl (C=O) groups excluding carboxylic acids is 1. The maximum Gasteiger partial charge on any atom is 0.305 e. The minimum absolute atomic E-state index is 0.0182. The van der Waals surface area contributed by atoms with Gasteiger partial charge in [0.15, 0.2) is 6.29 Å². The van der Waals surface area contributed by atoms with Gasteiger partial charge < -0.3 is 5.02 Å². The van der Waals surface area contributed by atoms with Gasteiger partial charge in [0.2, 0.25) is 0 Å². The second kappa shape index (κ2) is 2.80. The van der Waals surface area contributed by atoms with Crippen LogP contribution < -0.4 is 5.46 Å². The molecule has 0 spiro atoms. The molecule has 9 heavy (non-hydrogen) atoms. The Labute approximate surface area is 57.4 Å². The third-order valence-electron chi connectivity index (χ3n) is 0.973. The van der Waals surface area contributed by atoms with Crippen LogP contribution in [0.5, 0.6) is 0 Å². The van der Waals surface area contributed by atoms with Gasteiger partial charge in [-0.05, 0) is 16.9 Å². The van der Waals surface area contributed by atoms with Gasteiger partial charge in [-0.1, -0.05) is 0 Å². The third-order valence-corrected chi connectivity index (χ3v) is 1.88. The van der Waals surface area contributed by atoms with Crippen molar-refractivity contribution in [3.63, 3.8) is 0 Å². The Balaban J connectivity index is 2.86. The number of rotatable bonds is 2. The first-order chi connectivity index (χ1) is 4.36. The molecule has 1 N–H and O–H groups in total. The number of hydrogen-bond acceptors (Lipinski definition) is 3. The molecule has 0 saturated heterocycles. The van der Waals surface area contributed by atoms with E-state index >= 15 is 0 Å². The number of thiophene rings is 1. The average Bonchev–Trinajstić information content (AvgIpc) is 2.34. The number of carbonyl (C=O) groups is 1. The molecule has 0 radical (unpaired) electrons.